The Hall–Kier alpha value is -1.40. The molecule has 0 aliphatic heterocycles. The van der Waals surface area contributed by atoms with Crippen LogP contribution in [0.1, 0.15) is 19.9 Å². The van der Waals surface area contributed by atoms with Crippen LogP contribution in [0, 0.1) is 0 Å². The minimum absolute atomic E-state index is 0.0217. The Labute approximate surface area is 108 Å². The Kier molecular flexibility index (Phi) is 6.38. The second-order valence-electron chi connectivity index (χ2n) is 4.24. The second-order valence-corrected chi connectivity index (χ2v) is 4.24. The zero-order valence-corrected chi connectivity index (χ0v) is 11.2. The zero-order chi connectivity index (χ0) is 13.4. The van der Waals surface area contributed by atoms with Crippen molar-refractivity contribution in [2.75, 3.05) is 26.8 Å². The van der Waals surface area contributed by atoms with Gasteiger partial charge in [-0.1, -0.05) is 0 Å². The number of carbonyl (C=O) groups excluding carboxylic acids is 1. The molecule has 0 aliphatic rings. The number of ether oxygens (including phenoxy) is 1. The summed E-state index contributed by atoms with van der Waals surface area (Å²) in [6.07, 6.45) is 3.67. The number of aromatic nitrogens is 2. The van der Waals surface area contributed by atoms with Gasteiger partial charge in [0, 0.05) is 32.1 Å². The van der Waals surface area contributed by atoms with Crippen LogP contribution in [0.4, 0.5) is 0 Å². The third kappa shape index (κ3) is 4.85. The fourth-order valence-electron chi connectivity index (χ4n) is 1.53. The van der Waals surface area contributed by atoms with Crippen molar-refractivity contribution in [2.45, 2.75) is 25.9 Å². The minimum atomic E-state index is -0.0217. The number of nitrogens with one attached hydrogen (secondary N) is 2. The van der Waals surface area contributed by atoms with Crippen molar-refractivity contribution in [1.82, 2.24) is 20.4 Å². The fourth-order valence-corrected chi connectivity index (χ4v) is 1.53. The van der Waals surface area contributed by atoms with Gasteiger partial charge in [0.05, 0.1) is 19.2 Å². The smallest absolute Gasteiger partial charge is 0.234 e. The van der Waals surface area contributed by atoms with E-state index in [9.17, 15) is 4.79 Å². The highest BCUT2D eigenvalue weighted by Crippen LogP contribution is 2.08. The molecule has 0 saturated heterocycles. The van der Waals surface area contributed by atoms with Crippen LogP contribution in [0.3, 0.4) is 0 Å². The molecular weight excluding hydrogens is 232 g/mol. The maximum Gasteiger partial charge on any atom is 0.234 e. The molecule has 2 atom stereocenters. The number of methoxy groups -OCH3 is 1. The first kappa shape index (κ1) is 14.7. The van der Waals surface area contributed by atoms with Crippen LogP contribution in [0.2, 0.25) is 0 Å². The van der Waals surface area contributed by atoms with Crippen molar-refractivity contribution < 1.29 is 9.53 Å². The van der Waals surface area contributed by atoms with Crippen molar-refractivity contribution in [2.24, 2.45) is 0 Å². The van der Waals surface area contributed by atoms with Crippen LogP contribution in [-0.2, 0) is 9.53 Å². The van der Waals surface area contributed by atoms with Gasteiger partial charge >= 0.3 is 0 Å². The summed E-state index contributed by atoms with van der Waals surface area (Å²) in [5.74, 6) is -0.0217. The highest BCUT2D eigenvalue weighted by atomic mass is 16.5. The van der Waals surface area contributed by atoms with E-state index in [1.54, 1.807) is 13.3 Å². The average Bonchev–Trinajstić information content (AvgIpc) is 2.89. The third-order valence-electron chi connectivity index (χ3n) is 2.88. The predicted octanol–water partition coefficient (Wildman–Crippen LogP) is 0.185. The van der Waals surface area contributed by atoms with Crippen LogP contribution in [0.25, 0.3) is 0 Å². The molecule has 0 saturated carbocycles. The summed E-state index contributed by atoms with van der Waals surface area (Å²) in [7, 11) is 1.61. The molecule has 0 fully saturated rings. The van der Waals surface area contributed by atoms with E-state index in [1.807, 2.05) is 23.9 Å². The van der Waals surface area contributed by atoms with Crippen LogP contribution in [-0.4, -0.2) is 48.5 Å². The first-order valence-corrected chi connectivity index (χ1v) is 6.13. The van der Waals surface area contributed by atoms with Gasteiger partial charge in [0.1, 0.15) is 0 Å². The van der Waals surface area contributed by atoms with Crippen LogP contribution >= 0.6 is 0 Å². The highest BCUT2D eigenvalue weighted by Gasteiger charge is 2.14. The predicted molar refractivity (Wildman–Crippen MR) is 69.3 cm³/mol. The van der Waals surface area contributed by atoms with Crippen LogP contribution in [0.15, 0.2) is 18.5 Å². The molecule has 1 aromatic heterocycles. The molecule has 1 aromatic rings. The quantitative estimate of drug-likeness (QED) is 0.650. The van der Waals surface area contributed by atoms with Crippen LogP contribution in [0.5, 0.6) is 0 Å². The van der Waals surface area contributed by atoms with Gasteiger partial charge in [-0.2, -0.15) is 5.10 Å². The zero-order valence-electron chi connectivity index (χ0n) is 11.2. The largest absolute Gasteiger partial charge is 0.383 e. The molecule has 0 aliphatic carbocycles. The molecule has 1 heterocycles. The van der Waals surface area contributed by atoms with Crippen molar-refractivity contribution in [3.63, 3.8) is 0 Å². The number of nitrogens with zero attached hydrogens (tertiary/aromatic N) is 2. The standard InChI is InChI=1S/C12H22N4O2/c1-10(11(2)16-7-4-5-15-16)14-9-12(17)13-6-8-18-3/h4-5,7,10-11,14H,6,8-9H2,1-3H3,(H,13,17)/t10-,11+/m1/s1. The molecule has 0 spiro atoms. The Balaban J connectivity index is 2.24. The van der Waals surface area contributed by atoms with E-state index in [0.29, 0.717) is 19.7 Å². The lowest BCUT2D eigenvalue weighted by Gasteiger charge is -2.21. The van der Waals surface area contributed by atoms with Gasteiger partial charge in [0.15, 0.2) is 0 Å². The van der Waals surface area contributed by atoms with Gasteiger partial charge < -0.3 is 15.4 Å². The first-order chi connectivity index (χ1) is 8.65. The Morgan fingerprint density at radius 2 is 2.28 bits per heavy atom. The van der Waals surface area contributed by atoms with Gasteiger partial charge in [-0.05, 0) is 19.9 Å². The minimum Gasteiger partial charge on any atom is -0.383 e. The summed E-state index contributed by atoms with van der Waals surface area (Å²) in [6, 6.07) is 2.26. The lowest BCUT2D eigenvalue weighted by atomic mass is 10.2. The van der Waals surface area contributed by atoms with E-state index in [2.05, 4.69) is 22.7 Å². The van der Waals surface area contributed by atoms with Crippen molar-refractivity contribution in [3.05, 3.63) is 18.5 Å². The summed E-state index contributed by atoms with van der Waals surface area (Å²) in [5, 5.41) is 10.1. The summed E-state index contributed by atoms with van der Waals surface area (Å²) >= 11 is 0. The maximum atomic E-state index is 11.5. The molecule has 1 rings (SSSR count). The molecule has 102 valence electrons. The number of amides is 1. The Bertz CT molecular complexity index is 340. The molecular formula is C12H22N4O2. The summed E-state index contributed by atoms with van der Waals surface area (Å²) in [5.41, 5.74) is 0. The molecule has 6 heteroatoms. The summed E-state index contributed by atoms with van der Waals surface area (Å²) in [6.45, 7) is 5.48. The number of rotatable bonds is 8. The third-order valence-corrected chi connectivity index (χ3v) is 2.88. The average molecular weight is 254 g/mol. The van der Waals surface area contributed by atoms with Crippen molar-refractivity contribution in [3.8, 4) is 0 Å². The Morgan fingerprint density at radius 3 is 2.89 bits per heavy atom. The number of hydrogen-bond acceptors (Lipinski definition) is 4. The molecule has 0 aromatic carbocycles. The van der Waals surface area contributed by atoms with E-state index in [-0.39, 0.29) is 18.0 Å². The molecule has 0 unspecified atom stereocenters. The molecule has 0 bridgehead atoms. The second kappa shape index (κ2) is 7.84. The molecule has 0 radical (unpaired) electrons. The summed E-state index contributed by atoms with van der Waals surface area (Å²) < 4.78 is 6.73. The SMILES string of the molecule is COCCNC(=O)CN[C@H](C)[C@H](C)n1cccn1. The van der Waals surface area contributed by atoms with Gasteiger partial charge in [0.25, 0.3) is 0 Å². The maximum absolute atomic E-state index is 11.5. The lowest BCUT2D eigenvalue weighted by molar-refractivity contribution is -0.120. The van der Waals surface area contributed by atoms with E-state index in [0.717, 1.165) is 0 Å². The normalized spacial score (nSPS) is 14.2. The summed E-state index contributed by atoms with van der Waals surface area (Å²) in [4.78, 5) is 11.5. The fraction of sp³-hybridized carbons (Fsp3) is 0.667. The monoisotopic (exact) mass is 254 g/mol. The van der Waals surface area contributed by atoms with Crippen molar-refractivity contribution in [1.29, 1.82) is 0 Å². The molecule has 2 N–H and O–H groups in total. The molecule has 6 nitrogen and oxygen atoms in total. The highest BCUT2D eigenvalue weighted by molar-refractivity contribution is 5.77. The van der Waals surface area contributed by atoms with Crippen molar-refractivity contribution >= 4 is 5.91 Å². The van der Waals surface area contributed by atoms with Gasteiger partial charge in [-0.25, -0.2) is 0 Å². The molecule has 1 amide bonds. The topological polar surface area (TPSA) is 68.2 Å². The van der Waals surface area contributed by atoms with E-state index in [1.165, 1.54) is 0 Å². The van der Waals surface area contributed by atoms with E-state index < -0.39 is 0 Å². The first-order valence-electron chi connectivity index (χ1n) is 6.13. The molecule has 18 heavy (non-hydrogen) atoms. The number of hydrogen-bond donors (Lipinski definition) is 2. The van der Waals surface area contributed by atoms with Gasteiger partial charge in [0.2, 0.25) is 5.91 Å². The number of carbonyl (C=O) groups is 1. The van der Waals surface area contributed by atoms with Crippen LogP contribution < -0.4 is 10.6 Å². The Morgan fingerprint density at radius 1 is 1.50 bits per heavy atom. The van der Waals surface area contributed by atoms with E-state index >= 15 is 0 Å². The van der Waals surface area contributed by atoms with Gasteiger partial charge in [-0.3, -0.25) is 9.48 Å². The van der Waals surface area contributed by atoms with Gasteiger partial charge in [-0.15, -0.1) is 0 Å². The lowest BCUT2D eigenvalue weighted by Crippen LogP contribution is -2.41. The van der Waals surface area contributed by atoms with E-state index in [4.69, 9.17) is 4.74 Å².